The first kappa shape index (κ1) is 31.7. The molecule has 2 aromatic carbocycles. The van der Waals surface area contributed by atoms with Crippen molar-refractivity contribution < 1.29 is 33.8 Å². The maximum absolute atomic E-state index is 14.6. The van der Waals surface area contributed by atoms with Crippen molar-refractivity contribution in [2.24, 2.45) is 11.8 Å². The highest BCUT2D eigenvalue weighted by molar-refractivity contribution is 5.99. The lowest BCUT2D eigenvalue weighted by atomic mass is 9.77. The molecule has 0 saturated carbocycles. The van der Waals surface area contributed by atoms with Gasteiger partial charge in [0.15, 0.2) is 0 Å². The van der Waals surface area contributed by atoms with Gasteiger partial charge < -0.3 is 29.7 Å². The van der Waals surface area contributed by atoms with E-state index in [9.17, 15) is 24.3 Å². The number of rotatable bonds is 6. The molecule has 4 aliphatic heterocycles. The second-order valence-corrected chi connectivity index (χ2v) is 12.7. The summed E-state index contributed by atoms with van der Waals surface area (Å²) in [5.41, 5.74) is 0.649. The van der Waals surface area contributed by atoms with E-state index >= 15 is 0 Å². The Morgan fingerprint density at radius 2 is 1.81 bits per heavy atom. The Morgan fingerprint density at radius 1 is 1.02 bits per heavy atom. The number of hydrogen-bond acceptors (Lipinski definition) is 9. The van der Waals surface area contributed by atoms with Crippen LogP contribution < -0.4 is 5.32 Å². The van der Waals surface area contributed by atoms with Crippen molar-refractivity contribution in [3.05, 3.63) is 84.5 Å². The summed E-state index contributed by atoms with van der Waals surface area (Å²) < 4.78 is 14.6. The number of fused-ring (bicyclic) bond motifs is 3. The van der Waals surface area contributed by atoms with Crippen LogP contribution in [0.3, 0.4) is 0 Å². The number of cyclic esters (lactones) is 1. The fraction of sp³-hybridized carbons (Fsp3) is 0.429. The molecule has 13 heteroatoms. The molecule has 2 saturated heterocycles. The minimum absolute atomic E-state index is 0.0788. The van der Waals surface area contributed by atoms with Crippen molar-refractivity contribution in [3.8, 4) is 0 Å². The summed E-state index contributed by atoms with van der Waals surface area (Å²) in [7, 11) is 0. The fourth-order valence-electron chi connectivity index (χ4n) is 7.54. The van der Waals surface area contributed by atoms with Gasteiger partial charge in [0.05, 0.1) is 23.6 Å². The Bertz CT molecular complexity index is 1770. The summed E-state index contributed by atoms with van der Waals surface area (Å²) in [5, 5.41) is 21.2. The molecule has 0 unspecified atom stereocenters. The average Bonchev–Trinajstić information content (AvgIpc) is 3.68. The Labute approximate surface area is 277 Å². The molecule has 1 aromatic heterocycles. The molecule has 0 aliphatic carbocycles. The summed E-state index contributed by atoms with van der Waals surface area (Å²) in [6, 6.07) is 14.9. The molecular weight excluding hydrogens is 616 g/mol. The van der Waals surface area contributed by atoms with E-state index in [2.05, 4.69) is 15.6 Å². The second-order valence-electron chi connectivity index (χ2n) is 12.7. The van der Waals surface area contributed by atoms with Crippen LogP contribution in [0.5, 0.6) is 0 Å². The van der Waals surface area contributed by atoms with Gasteiger partial charge in [0.2, 0.25) is 11.8 Å². The zero-order valence-electron chi connectivity index (χ0n) is 26.6. The molecule has 3 amide bonds. The number of aliphatic hydroxyl groups is 1. The molecule has 5 heterocycles. The number of benzene rings is 2. The maximum atomic E-state index is 14.6. The van der Waals surface area contributed by atoms with Gasteiger partial charge in [-0.25, -0.2) is 4.68 Å². The maximum Gasteiger partial charge on any atom is 0.313 e. The first-order valence-corrected chi connectivity index (χ1v) is 16.4. The van der Waals surface area contributed by atoms with Crippen molar-refractivity contribution in [3.63, 3.8) is 0 Å². The molecule has 1 spiro atoms. The SMILES string of the molecule is C[C@H]1NC(=O)CC/C=C\[C@H]2O[C@]34C=CCN(Cn5nnc6ccccc65)C(=O)[C@H]3N(CCCO)C(=O)[C@@H]4[C@H]2C(=O)O[C@@H]1c1ccccc1. The van der Waals surface area contributed by atoms with Crippen molar-refractivity contribution >= 4 is 34.7 Å². The van der Waals surface area contributed by atoms with Crippen molar-refractivity contribution in [2.45, 2.75) is 62.7 Å². The normalized spacial score (nSPS) is 31.3. The number of hydrogen-bond donors (Lipinski definition) is 2. The van der Waals surface area contributed by atoms with Crippen LogP contribution in [0, 0.1) is 11.8 Å². The van der Waals surface area contributed by atoms with Crippen molar-refractivity contribution in [1.29, 1.82) is 0 Å². The number of ether oxygens (including phenoxy) is 2. The number of esters is 1. The Morgan fingerprint density at radius 3 is 2.62 bits per heavy atom. The van der Waals surface area contributed by atoms with Gasteiger partial charge in [0.25, 0.3) is 5.91 Å². The molecule has 13 nitrogen and oxygen atoms in total. The van der Waals surface area contributed by atoms with E-state index in [0.717, 1.165) is 5.52 Å². The second kappa shape index (κ2) is 13.0. The van der Waals surface area contributed by atoms with Gasteiger partial charge in [-0.15, -0.1) is 5.10 Å². The van der Waals surface area contributed by atoms with Crippen LogP contribution in [0.25, 0.3) is 11.0 Å². The van der Waals surface area contributed by atoms with Crippen LogP contribution in [0.4, 0.5) is 0 Å². The van der Waals surface area contributed by atoms with E-state index < -0.39 is 53.6 Å². The molecule has 250 valence electrons. The van der Waals surface area contributed by atoms with Gasteiger partial charge in [-0.1, -0.05) is 72.0 Å². The molecule has 2 fully saturated rings. The number of carbonyl (C=O) groups is 4. The Hall–Kier alpha value is -4.88. The topological polar surface area (TPSA) is 156 Å². The molecule has 0 bridgehead atoms. The van der Waals surface area contributed by atoms with E-state index in [-0.39, 0.29) is 51.0 Å². The van der Waals surface area contributed by atoms with Crippen LogP contribution in [0.2, 0.25) is 0 Å². The third kappa shape index (κ3) is 5.46. The number of nitrogens with zero attached hydrogens (tertiary/aromatic N) is 5. The van der Waals surface area contributed by atoms with E-state index in [1.165, 1.54) is 4.90 Å². The number of aromatic nitrogens is 3. The van der Waals surface area contributed by atoms with E-state index in [0.29, 0.717) is 17.5 Å². The lowest BCUT2D eigenvalue weighted by Gasteiger charge is -2.35. The van der Waals surface area contributed by atoms with Crippen molar-refractivity contribution in [1.82, 2.24) is 30.1 Å². The molecule has 7 atom stereocenters. The van der Waals surface area contributed by atoms with Crippen LogP contribution in [0.1, 0.15) is 37.9 Å². The number of para-hydroxylation sites is 1. The smallest absolute Gasteiger partial charge is 0.313 e. The summed E-state index contributed by atoms with van der Waals surface area (Å²) >= 11 is 0. The highest BCUT2D eigenvalue weighted by Gasteiger charge is 2.71. The minimum Gasteiger partial charge on any atom is -0.455 e. The Kier molecular flexibility index (Phi) is 8.56. The predicted octanol–water partition coefficient (Wildman–Crippen LogP) is 1.89. The van der Waals surface area contributed by atoms with Crippen LogP contribution >= 0.6 is 0 Å². The molecule has 2 N–H and O–H groups in total. The molecular formula is C35H38N6O7. The standard InChI is InChI=1S/C35H38N6O7/c1-22-30(23-11-3-2-4-12-23)47-34(46)28-26(15-7-8-16-27(43)36-22)48-35-17-9-18-39(21-41-25-14-6-5-13-24(25)37-38-41)33(45)31(35)40(19-10-20-42)32(44)29(28)35/h2-7,9,11-15,17,22,26,28-31,42H,8,10,16,18-21H2,1H3,(H,36,43)/b15-7-/t22-,26-,28+,29+,30+,31-,35+/m1/s1. The quantitative estimate of drug-likeness (QED) is 0.299. The van der Waals surface area contributed by atoms with Gasteiger partial charge in [-0.05, 0) is 37.5 Å². The van der Waals surface area contributed by atoms with Gasteiger partial charge in [-0.3, -0.25) is 19.2 Å². The monoisotopic (exact) mass is 654 g/mol. The summed E-state index contributed by atoms with van der Waals surface area (Å²) in [5.74, 6) is -3.77. The lowest BCUT2D eigenvalue weighted by molar-refractivity contribution is -0.161. The molecule has 48 heavy (non-hydrogen) atoms. The number of allylic oxidation sites excluding steroid dienone is 1. The zero-order valence-corrected chi connectivity index (χ0v) is 26.6. The van der Waals surface area contributed by atoms with Crippen molar-refractivity contribution in [2.75, 3.05) is 19.7 Å². The average molecular weight is 655 g/mol. The number of amides is 3. The van der Waals surface area contributed by atoms with Gasteiger partial charge in [0.1, 0.15) is 35.9 Å². The number of aliphatic hydroxyl groups excluding tert-OH is 1. The third-order valence-corrected chi connectivity index (χ3v) is 9.71. The number of likely N-dealkylation sites (tertiary alicyclic amines) is 1. The largest absolute Gasteiger partial charge is 0.455 e. The first-order valence-electron chi connectivity index (χ1n) is 16.4. The summed E-state index contributed by atoms with van der Waals surface area (Å²) in [4.78, 5) is 59.2. The molecule has 3 aromatic rings. The Balaban J connectivity index is 1.27. The van der Waals surface area contributed by atoms with Gasteiger partial charge >= 0.3 is 5.97 Å². The minimum atomic E-state index is -1.48. The first-order chi connectivity index (χ1) is 23.3. The predicted molar refractivity (Wildman–Crippen MR) is 171 cm³/mol. The highest BCUT2D eigenvalue weighted by Crippen LogP contribution is 2.53. The third-order valence-electron chi connectivity index (χ3n) is 9.71. The highest BCUT2D eigenvalue weighted by atomic mass is 16.6. The summed E-state index contributed by atoms with van der Waals surface area (Å²) in [6.45, 7) is 1.98. The molecule has 7 rings (SSSR count). The molecule has 0 radical (unpaired) electrons. The van der Waals surface area contributed by atoms with Gasteiger partial charge in [-0.2, -0.15) is 0 Å². The van der Waals surface area contributed by atoms with E-state index in [1.807, 2.05) is 54.6 Å². The summed E-state index contributed by atoms with van der Waals surface area (Å²) in [6.07, 6.45) is 6.15. The molecule has 4 aliphatic rings. The van der Waals surface area contributed by atoms with E-state index in [4.69, 9.17) is 9.47 Å². The van der Waals surface area contributed by atoms with Gasteiger partial charge in [0, 0.05) is 26.1 Å². The lowest BCUT2D eigenvalue weighted by Crippen LogP contribution is -2.55. The number of carbonyl (C=O) groups excluding carboxylic acids is 4. The van der Waals surface area contributed by atoms with Crippen LogP contribution in [-0.4, -0.2) is 97.1 Å². The zero-order chi connectivity index (χ0) is 33.4. The van der Waals surface area contributed by atoms with Crippen LogP contribution in [0.15, 0.2) is 78.9 Å². The number of nitrogens with one attached hydrogen (secondary N) is 1. The van der Waals surface area contributed by atoms with E-state index in [1.54, 1.807) is 40.8 Å². The fourth-order valence-corrected chi connectivity index (χ4v) is 7.54. The van der Waals surface area contributed by atoms with Crippen LogP contribution in [-0.2, 0) is 35.3 Å².